The van der Waals surface area contributed by atoms with Gasteiger partial charge in [-0.15, -0.1) is 0 Å². The van der Waals surface area contributed by atoms with E-state index in [2.05, 4.69) is 60.2 Å². The van der Waals surface area contributed by atoms with Crippen molar-refractivity contribution in [1.29, 1.82) is 0 Å². The van der Waals surface area contributed by atoms with E-state index in [-0.39, 0.29) is 5.41 Å². The Bertz CT molecular complexity index is 573. The zero-order chi connectivity index (χ0) is 14.2. The van der Waals surface area contributed by atoms with Crippen LogP contribution in [0.15, 0.2) is 30.5 Å². The third kappa shape index (κ3) is 2.60. The van der Waals surface area contributed by atoms with Gasteiger partial charge in [-0.2, -0.15) is 0 Å². The second-order valence-corrected chi connectivity index (χ2v) is 6.88. The summed E-state index contributed by atoms with van der Waals surface area (Å²) in [4.78, 5) is 5.96. The summed E-state index contributed by atoms with van der Waals surface area (Å²) < 4.78 is 0. The number of piperazine rings is 1. The molecule has 0 saturated carbocycles. The summed E-state index contributed by atoms with van der Waals surface area (Å²) in [6, 6.07) is 9.47. The largest absolute Gasteiger partial charge is 0.361 e. The van der Waals surface area contributed by atoms with Crippen LogP contribution in [-0.4, -0.2) is 36.1 Å². The van der Waals surface area contributed by atoms with Crippen molar-refractivity contribution < 1.29 is 0 Å². The van der Waals surface area contributed by atoms with Crippen molar-refractivity contribution in [3.63, 3.8) is 0 Å². The van der Waals surface area contributed by atoms with Crippen LogP contribution in [0.5, 0.6) is 0 Å². The Kier molecular flexibility index (Phi) is 3.57. The first kappa shape index (κ1) is 13.7. The van der Waals surface area contributed by atoms with Gasteiger partial charge in [0.25, 0.3) is 0 Å². The van der Waals surface area contributed by atoms with Crippen LogP contribution in [0.25, 0.3) is 10.9 Å². The van der Waals surface area contributed by atoms with E-state index >= 15 is 0 Å². The third-order valence-corrected chi connectivity index (χ3v) is 4.23. The normalized spacial score (nSPS) is 19.4. The maximum Gasteiger partial charge on any atom is 0.0457 e. The van der Waals surface area contributed by atoms with Crippen molar-refractivity contribution in [2.75, 3.05) is 26.2 Å². The number of hydrogen-bond donors (Lipinski definition) is 2. The monoisotopic (exact) mass is 271 g/mol. The molecule has 0 aliphatic carbocycles. The fourth-order valence-electron chi connectivity index (χ4n) is 3.43. The minimum Gasteiger partial charge on any atom is -0.361 e. The molecule has 0 spiro atoms. The number of aromatic nitrogens is 1. The zero-order valence-corrected chi connectivity index (χ0v) is 12.7. The van der Waals surface area contributed by atoms with Crippen LogP contribution in [0.4, 0.5) is 0 Å². The summed E-state index contributed by atoms with van der Waals surface area (Å²) in [5, 5.41) is 4.74. The Hall–Kier alpha value is -1.32. The van der Waals surface area contributed by atoms with E-state index in [4.69, 9.17) is 0 Å². The van der Waals surface area contributed by atoms with E-state index in [1.165, 1.54) is 16.5 Å². The molecule has 1 aromatic carbocycles. The SMILES string of the molecule is CC(C)(C)[C@@H](c1ccc2cc[nH]c2c1)N1CCNCC1. The van der Waals surface area contributed by atoms with Gasteiger partial charge in [0.1, 0.15) is 0 Å². The Balaban J connectivity index is 1.99. The van der Waals surface area contributed by atoms with Crippen molar-refractivity contribution in [2.45, 2.75) is 26.8 Å². The molecule has 3 rings (SSSR count). The summed E-state index contributed by atoms with van der Waals surface area (Å²) >= 11 is 0. The molecule has 3 heteroatoms. The van der Waals surface area contributed by atoms with Crippen molar-refractivity contribution in [2.24, 2.45) is 5.41 Å². The predicted octanol–water partition coefficient (Wildman–Crippen LogP) is 3.16. The van der Waals surface area contributed by atoms with Gasteiger partial charge < -0.3 is 10.3 Å². The van der Waals surface area contributed by atoms with Crippen molar-refractivity contribution >= 4 is 10.9 Å². The Morgan fingerprint density at radius 2 is 1.85 bits per heavy atom. The van der Waals surface area contributed by atoms with E-state index in [1.807, 2.05) is 6.20 Å². The fourth-order valence-corrected chi connectivity index (χ4v) is 3.43. The van der Waals surface area contributed by atoms with E-state index < -0.39 is 0 Å². The van der Waals surface area contributed by atoms with Crippen LogP contribution >= 0.6 is 0 Å². The van der Waals surface area contributed by atoms with Gasteiger partial charge in [-0.05, 0) is 28.5 Å². The molecule has 1 atom stereocenters. The molecule has 2 heterocycles. The highest BCUT2D eigenvalue weighted by atomic mass is 15.2. The van der Waals surface area contributed by atoms with Crippen LogP contribution in [0, 0.1) is 5.41 Å². The van der Waals surface area contributed by atoms with Gasteiger partial charge in [0.15, 0.2) is 0 Å². The number of fused-ring (bicyclic) bond motifs is 1. The lowest BCUT2D eigenvalue weighted by Gasteiger charge is -2.42. The van der Waals surface area contributed by atoms with E-state index in [1.54, 1.807) is 0 Å². The zero-order valence-electron chi connectivity index (χ0n) is 12.7. The molecule has 3 nitrogen and oxygen atoms in total. The fraction of sp³-hybridized carbons (Fsp3) is 0.529. The lowest BCUT2D eigenvalue weighted by molar-refractivity contribution is 0.0863. The molecule has 1 fully saturated rings. The second-order valence-electron chi connectivity index (χ2n) is 6.88. The molecular weight excluding hydrogens is 246 g/mol. The number of H-pyrrole nitrogens is 1. The molecule has 0 radical (unpaired) electrons. The van der Waals surface area contributed by atoms with E-state index in [9.17, 15) is 0 Å². The first-order valence-electron chi connectivity index (χ1n) is 7.57. The summed E-state index contributed by atoms with van der Waals surface area (Å²) in [6.07, 6.45) is 2.02. The van der Waals surface area contributed by atoms with Gasteiger partial charge in [-0.3, -0.25) is 4.90 Å². The highest BCUT2D eigenvalue weighted by Gasteiger charge is 2.32. The van der Waals surface area contributed by atoms with Gasteiger partial charge in [0, 0.05) is 43.9 Å². The molecule has 1 saturated heterocycles. The quantitative estimate of drug-likeness (QED) is 0.879. The van der Waals surface area contributed by atoms with Crippen LogP contribution < -0.4 is 5.32 Å². The van der Waals surface area contributed by atoms with Gasteiger partial charge in [0.2, 0.25) is 0 Å². The topological polar surface area (TPSA) is 31.1 Å². The van der Waals surface area contributed by atoms with Crippen LogP contribution in [0.3, 0.4) is 0 Å². The number of hydrogen-bond acceptors (Lipinski definition) is 2. The molecular formula is C17H25N3. The summed E-state index contributed by atoms with van der Waals surface area (Å²) in [5.74, 6) is 0. The van der Waals surface area contributed by atoms with Crippen LogP contribution in [0.1, 0.15) is 32.4 Å². The summed E-state index contributed by atoms with van der Waals surface area (Å²) in [6.45, 7) is 11.5. The molecule has 2 N–H and O–H groups in total. The summed E-state index contributed by atoms with van der Waals surface area (Å²) in [5.41, 5.74) is 2.90. The lowest BCUT2D eigenvalue weighted by atomic mass is 9.80. The van der Waals surface area contributed by atoms with Crippen LogP contribution in [-0.2, 0) is 0 Å². The number of nitrogens with one attached hydrogen (secondary N) is 2. The second kappa shape index (κ2) is 5.23. The molecule has 1 aliphatic heterocycles. The molecule has 1 aliphatic rings. The third-order valence-electron chi connectivity index (χ3n) is 4.23. The van der Waals surface area contributed by atoms with Gasteiger partial charge in [-0.25, -0.2) is 0 Å². The average Bonchev–Trinajstić information content (AvgIpc) is 2.86. The minimum atomic E-state index is 0.234. The molecule has 0 amide bonds. The highest BCUT2D eigenvalue weighted by Crippen LogP contribution is 2.38. The maximum absolute atomic E-state index is 3.45. The molecule has 0 unspecified atom stereocenters. The van der Waals surface area contributed by atoms with Crippen molar-refractivity contribution in [3.8, 4) is 0 Å². The number of aromatic amines is 1. The number of nitrogens with zero attached hydrogens (tertiary/aromatic N) is 1. The number of benzene rings is 1. The predicted molar refractivity (Wildman–Crippen MR) is 84.9 cm³/mol. The molecule has 20 heavy (non-hydrogen) atoms. The summed E-state index contributed by atoms with van der Waals surface area (Å²) in [7, 11) is 0. The molecule has 2 aromatic rings. The molecule has 0 bridgehead atoms. The first-order valence-corrected chi connectivity index (χ1v) is 7.57. The van der Waals surface area contributed by atoms with E-state index in [0.29, 0.717) is 6.04 Å². The maximum atomic E-state index is 3.45. The smallest absolute Gasteiger partial charge is 0.0457 e. The Labute approximate surface area is 121 Å². The Morgan fingerprint density at radius 3 is 2.55 bits per heavy atom. The minimum absolute atomic E-state index is 0.234. The van der Waals surface area contributed by atoms with Crippen LogP contribution in [0.2, 0.25) is 0 Å². The van der Waals surface area contributed by atoms with E-state index in [0.717, 1.165) is 26.2 Å². The molecule has 1 aromatic heterocycles. The number of rotatable bonds is 2. The highest BCUT2D eigenvalue weighted by molar-refractivity contribution is 5.80. The van der Waals surface area contributed by atoms with Gasteiger partial charge in [0.05, 0.1) is 0 Å². The average molecular weight is 271 g/mol. The standard InChI is InChI=1S/C17H25N3/c1-17(2,3)16(20-10-8-18-9-11-20)14-5-4-13-6-7-19-15(13)12-14/h4-7,12,16,18-19H,8-11H2,1-3H3/t16-/m1/s1. The van der Waals surface area contributed by atoms with Crippen molar-refractivity contribution in [1.82, 2.24) is 15.2 Å². The van der Waals surface area contributed by atoms with Gasteiger partial charge in [-0.1, -0.05) is 32.9 Å². The first-order chi connectivity index (χ1) is 9.55. The van der Waals surface area contributed by atoms with Gasteiger partial charge >= 0.3 is 0 Å². The Morgan fingerprint density at radius 1 is 1.10 bits per heavy atom. The molecule has 108 valence electrons. The van der Waals surface area contributed by atoms with Crippen molar-refractivity contribution in [3.05, 3.63) is 36.0 Å². The lowest BCUT2D eigenvalue weighted by Crippen LogP contribution is -2.48.